The van der Waals surface area contributed by atoms with Crippen molar-refractivity contribution in [1.29, 1.82) is 0 Å². The van der Waals surface area contributed by atoms with Gasteiger partial charge in [-0.25, -0.2) is 12.7 Å². The highest BCUT2D eigenvalue weighted by molar-refractivity contribution is 7.88. The summed E-state index contributed by atoms with van der Waals surface area (Å²) in [5, 5.41) is 3.48. The van der Waals surface area contributed by atoms with E-state index in [9.17, 15) is 8.42 Å². The van der Waals surface area contributed by atoms with Crippen molar-refractivity contribution in [2.24, 2.45) is 5.92 Å². The summed E-state index contributed by atoms with van der Waals surface area (Å²) in [6.45, 7) is 6.19. The maximum Gasteiger partial charge on any atom is 0.211 e. The van der Waals surface area contributed by atoms with Gasteiger partial charge in [0.05, 0.1) is 32.2 Å². The molecule has 6 nitrogen and oxygen atoms in total. The summed E-state index contributed by atoms with van der Waals surface area (Å²) in [7, 11) is -3.07. The second-order valence-corrected chi connectivity index (χ2v) is 8.00. The summed E-state index contributed by atoms with van der Waals surface area (Å²) in [6.07, 6.45) is 4.34. The number of nitrogens with zero attached hydrogens (tertiary/aromatic N) is 1. The van der Waals surface area contributed by atoms with Gasteiger partial charge in [-0.2, -0.15) is 0 Å². The fourth-order valence-corrected chi connectivity index (χ4v) is 4.19. The van der Waals surface area contributed by atoms with Crippen molar-refractivity contribution in [3.05, 3.63) is 0 Å². The fourth-order valence-electron chi connectivity index (χ4n) is 3.25. The minimum Gasteiger partial charge on any atom is -0.376 e. The van der Waals surface area contributed by atoms with Gasteiger partial charge in [-0.05, 0) is 31.7 Å². The molecule has 0 aromatic heterocycles. The number of likely N-dealkylation sites (N-methyl/N-ethyl adjacent to an activating group) is 1. The molecule has 2 fully saturated rings. The Morgan fingerprint density at radius 3 is 2.81 bits per heavy atom. The van der Waals surface area contributed by atoms with Crippen LogP contribution in [0.2, 0.25) is 0 Å². The SMILES string of the molecule is CCNC(CC1CCCN(S(C)(=O)=O)C1)C1COCCO1. The highest BCUT2D eigenvalue weighted by Gasteiger charge is 2.31. The normalized spacial score (nSPS) is 30.2. The van der Waals surface area contributed by atoms with E-state index in [1.807, 2.05) is 0 Å². The van der Waals surface area contributed by atoms with Crippen LogP contribution in [0.1, 0.15) is 26.2 Å². The third kappa shape index (κ3) is 5.17. The molecule has 3 unspecified atom stereocenters. The Bertz CT molecular complexity index is 409. The summed E-state index contributed by atoms with van der Waals surface area (Å²) < 4.78 is 36.3. The van der Waals surface area contributed by atoms with Crippen molar-refractivity contribution in [3.8, 4) is 0 Å². The van der Waals surface area contributed by atoms with Gasteiger partial charge in [0.1, 0.15) is 0 Å². The van der Waals surface area contributed by atoms with E-state index in [1.54, 1.807) is 4.31 Å². The number of rotatable bonds is 6. The van der Waals surface area contributed by atoms with Gasteiger partial charge in [0, 0.05) is 19.1 Å². The largest absolute Gasteiger partial charge is 0.376 e. The fraction of sp³-hybridized carbons (Fsp3) is 1.00. The first kappa shape index (κ1) is 17.1. The maximum atomic E-state index is 11.7. The Morgan fingerprint density at radius 1 is 1.38 bits per heavy atom. The lowest BCUT2D eigenvalue weighted by atomic mass is 9.90. The zero-order valence-corrected chi connectivity index (χ0v) is 13.9. The molecule has 2 saturated heterocycles. The van der Waals surface area contributed by atoms with Crippen molar-refractivity contribution in [3.63, 3.8) is 0 Å². The lowest BCUT2D eigenvalue weighted by Gasteiger charge is -2.36. The minimum absolute atomic E-state index is 0.0762. The summed E-state index contributed by atoms with van der Waals surface area (Å²) in [4.78, 5) is 0. The number of hydrogen-bond donors (Lipinski definition) is 1. The molecule has 0 saturated carbocycles. The Kier molecular flexibility index (Phi) is 6.43. The van der Waals surface area contributed by atoms with Crippen molar-refractivity contribution < 1.29 is 17.9 Å². The molecule has 124 valence electrons. The summed E-state index contributed by atoms with van der Waals surface area (Å²) >= 11 is 0. The van der Waals surface area contributed by atoms with Gasteiger partial charge >= 0.3 is 0 Å². The van der Waals surface area contributed by atoms with Crippen LogP contribution in [0.4, 0.5) is 0 Å². The number of sulfonamides is 1. The van der Waals surface area contributed by atoms with Gasteiger partial charge in [0.25, 0.3) is 0 Å². The standard InChI is InChI=1S/C14H28N2O4S/c1-3-15-13(14-11-19-7-8-20-14)9-12-5-4-6-16(10-12)21(2,17)18/h12-15H,3-11H2,1-2H3. The molecule has 0 bridgehead atoms. The molecule has 2 heterocycles. The topological polar surface area (TPSA) is 67.9 Å². The average molecular weight is 320 g/mol. The molecule has 2 aliphatic heterocycles. The third-order valence-corrected chi connectivity index (χ3v) is 5.56. The minimum atomic E-state index is -3.07. The highest BCUT2D eigenvalue weighted by Crippen LogP contribution is 2.24. The van der Waals surface area contributed by atoms with E-state index in [1.165, 1.54) is 6.26 Å². The molecule has 0 amide bonds. The quantitative estimate of drug-likeness (QED) is 0.769. The van der Waals surface area contributed by atoms with Crippen LogP contribution < -0.4 is 5.32 Å². The van der Waals surface area contributed by atoms with Crippen LogP contribution in [0.25, 0.3) is 0 Å². The summed E-state index contributed by atoms with van der Waals surface area (Å²) in [6, 6.07) is 0.236. The molecule has 3 atom stereocenters. The zero-order valence-electron chi connectivity index (χ0n) is 13.1. The second-order valence-electron chi connectivity index (χ2n) is 6.01. The molecular formula is C14H28N2O4S. The molecule has 2 rings (SSSR count). The van der Waals surface area contributed by atoms with Crippen LogP contribution in [0.3, 0.4) is 0 Å². The van der Waals surface area contributed by atoms with Crippen LogP contribution in [0, 0.1) is 5.92 Å². The molecule has 0 aromatic rings. The number of nitrogens with one attached hydrogen (secondary N) is 1. The lowest BCUT2D eigenvalue weighted by molar-refractivity contribution is -0.104. The van der Waals surface area contributed by atoms with Crippen LogP contribution in [-0.4, -0.2) is 70.6 Å². The number of piperidine rings is 1. The lowest BCUT2D eigenvalue weighted by Crippen LogP contribution is -2.49. The molecule has 1 N–H and O–H groups in total. The molecule has 0 radical (unpaired) electrons. The second kappa shape index (κ2) is 7.87. The first-order valence-electron chi connectivity index (χ1n) is 7.88. The Morgan fingerprint density at radius 2 is 2.19 bits per heavy atom. The van der Waals surface area contributed by atoms with Crippen molar-refractivity contribution in [2.75, 3.05) is 45.7 Å². The predicted octanol–water partition coefficient (Wildman–Crippen LogP) is 0.442. The smallest absolute Gasteiger partial charge is 0.211 e. The molecule has 0 aromatic carbocycles. The number of ether oxygens (including phenoxy) is 2. The van der Waals surface area contributed by atoms with Crippen molar-refractivity contribution in [2.45, 2.75) is 38.3 Å². The number of hydrogen-bond acceptors (Lipinski definition) is 5. The molecular weight excluding hydrogens is 292 g/mol. The van der Waals surface area contributed by atoms with Gasteiger partial charge in [-0.15, -0.1) is 0 Å². The zero-order chi connectivity index (χ0) is 15.3. The van der Waals surface area contributed by atoms with E-state index in [2.05, 4.69) is 12.2 Å². The first-order chi connectivity index (χ1) is 10.0. The molecule has 2 aliphatic rings. The summed E-state index contributed by atoms with van der Waals surface area (Å²) in [5.74, 6) is 0.392. The highest BCUT2D eigenvalue weighted by atomic mass is 32.2. The summed E-state index contributed by atoms with van der Waals surface area (Å²) in [5.41, 5.74) is 0. The van der Waals surface area contributed by atoms with Gasteiger partial charge in [-0.3, -0.25) is 0 Å². The Labute approximate surface area is 128 Å². The van der Waals surface area contributed by atoms with Crippen molar-refractivity contribution in [1.82, 2.24) is 9.62 Å². The van der Waals surface area contributed by atoms with Crippen LogP contribution >= 0.6 is 0 Å². The molecule has 7 heteroatoms. The van der Waals surface area contributed by atoms with E-state index in [0.29, 0.717) is 38.8 Å². The van der Waals surface area contributed by atoms with Gasteiger partial charge in [-0.1, -0.05) is 6.92 Å². The van der Waals surface area contributed by atoms with E-state index in [4.69, 9.17) is 9.47 Å². The monoisotopic (exact) mass is 320 g/mol. The molecule has 0 spiro atoms. The van der Waals surface area contributed by atoms with Crippen LogP contribution in [0.15, 0.2) is 0 Å². The average Bonchev–Trinajstić information content (AvgIpc) is 2.47. The van der Waals surface area contributed by atoms with E-state index < -0.39 is 10.0 Å². The van der Waals surface area contributed by atoms with E-state index in [-0.39, 0.29) is 12.1 Å². The molecule has 0 aliphatic carbocycles. The van der Waals surface area contributed by atoms with Crippen molar-refractivity contribution >= 4 is 10.0 Å². The Hall–Kier alpha value is -0.210. The maximum absolute atomic E-state index is 11.7. The van der Waals surface area contributed by atoms with Gasteiger partial charge in [0.15, 0.2) is 0 Å². The van der Waals surface area contributed by atoms with E-state index >= 15 is 0 Å². The van der Waals surface area contributed by atoms with E-state index in [0.717, 1.165) is 25.8 Å². The first-order valence-corrected chi connectivity index (χ1v) is 9.73. The predicted molar refractivity (Wildman–Crippen MR) is 81.8 cm³/mol. The Balaban J connectivity index is 1.92. The van der Waals surface area contributed by atoms with Gasteiger partial charge < -0.3 is 14.8 Å². The molecule has 21 heavy (non-hydrogen) atoms. The third-order valence-electron chi connectivity index (χ3n) is 4.29. The van der Waals surface area contributed by atoms with Gasteiger partial charge in [0.2, 0.25) is 10.0 Å². The van der Waals surface area contributed by atoms with Crippen LogP contribution in [-0.2, 0) is 19.5 Å². The van der Waals surface area contributed by atoms with Crippen LogP contribution in [0.5, 0.6) is 0 Å².